The zero-order valence-corrected chi connectivity index (χ0v) is 22.5. The smallest absolute Gasteiger partial charge is 0.417 e. The van der Waals surface area contributed by atoms with Gasteiger partial charge in [-0.25, -0.2) is 9.78 Å². The van der Waals surface area contributed by atoms with Crippen LogP contribution in [0.2, 0.25) is 0 Å². The minimum atomic E-state index is -4.00. The third-order valence-electron chi connectivity index (χ3n) is 5.79. The van der Waals surface area contributed by atoms with E-state index in [1.165, 1.54) is 12.1 Å². The molecule has 0 aliphatic carbocycles. The third kappa shape index (κ3) is 6.80. The summed E-state index contributed by atoms with van der Waals surface area (Å²) in [6.07, 6.45) is 1.74. The Bertz CT molecular complexity index is 1780. The average molecular weight is 550 g/mol. The van der Waals surface area contributed by atoms with Gasteiger partial charge in [-0.15, -0.1) is 0 Å². The highest BCUT2D eigenvalue weighted by Crippen LogP contribution is 2.28. The van der Waals surface area contributed by atoms with E-state index in [0.717, 1.165) is 33.8 Å². The first kappa shape index (κ1) is 27.4. The number of aromatic amines is 1. The zero-order chi connectivity index (χ0) is 28.2. The largest absolute Gasteiger partial charge is 0.496 e. The molecule has 12 heteroatoms. The number of nitrogens with one attached hydrogen (secondary N) is 3. The van der Waals surface area contributed by atoms with Gasteiger partial charge in [-0.3, -0.25) is 9.54 Å². The molecular formula is C27H27N5O6S. The Morgan fingerprint density at radius 1 is 0.949 bits per heavy atom. The third-order valence-corrected chi connectivity index (χ3v) is 6.66. The van der Waals surface area contributed by atoms with E-state index in [1.807, 2.05) is 39.0 Å². The Kier molecular flexibility index (Phi) is 7.98. The number of H-pyrrole nitrogens is 1. The molecule has 5 aromatic rings. The fraction of sp³-hybridized carbons (Fsp3) is 0.148. The van der Waals surface area contributed by atoms with Gasteiger partial charge in [0.2, 0.25) is 5.95 Å². The monoisotopic (exact) mass is 549 g/mol. The van der Waals surface area contributed by atoms with E-state index in [0.29, 0.717) is 22.9 Å². The van der Waals surface area contributed by atoms with Crippen LogP contribution >= 0.6 is 0 Å². The first-order valence-corrected chi connectivity index (χ1v) is 13.2. The van der Waals surface area contributed by atoms with Gasteiger partial charge in [-0.2, -0.15) is 13.4 Å². The number of aromatic nitrogens is 3. The van der Waals surface area contributed by atoms with Crippen molar-refractivity contribution in [1.29, 1.82) is 0 Å². The molecule has 0 saturated carbocycles. The summed E-state index contributed by atoms with van der Waals surface area (Å²) in [7, 11) is -2.35. The first-order valence-electron chi connectivity index (χ1n) is 11.7. The minimum Gasteiger partial charge on any atom is -0.496 e. The average Bonchev–Trinajstić information content (AvgIpc) is 3.28. The highest BCUT2D eigenvalue weighted by molar-refractivity contribution is 7.85. The molecule has 0 amide bonds. The lowest BCUT2D eigenvalue weighted by Crippen LogP contribution is -2.03. The van der Waals surface area contributed by atoms with Crippen molar-refractivity contribution in [1.82, 2.24) is 15.0 Å². The van der Waals surface area contributed by atoms with Crippen LogP contribution in [-0.4, -0.2) is 35.0 Å². The second-order valence-electron chi connectivity index (χ2n) is 8.61. The number of oxazole rings is 1. The highest BCUT2D eigenvalue weighted by Gasteiger charge is 2.10. The number of nitrogens with zero attached hydrogens (tertiary/aromatic N) is 2. The molecule has 39 heavy (non-hydrogen) atoms. The minimum absolute atomic E-state index is 0.0741. The van der Waals surface area contributed by atoms with Crippen molar-refractivity contribution in [2.24, 2.45) is 0 Å². The Morgan fingerprint density at radius 2 is 1.69 bits per heavy atom. The lowest BCUT2D eigenvalue weighted by molar-refractivity contribution is 0.411. The molecule has 0 fully saturated rings. The zero-order valence-electron chi connectivity index (χ0n) is 21.6. The van der Waals surface area contributed by atoms with E-state index < -0.39 is 15.9 Å². The summed E-state index contributed by atoms with van der Waals surface area (Å²) in [6.45, 7) is 5.97. The Balaban J connectivity index is 0.000000298. The van der Waals surface area contributed by atoms with Crippen LogP contribution < -0.4 is 21.1 Å². The summed E-state index contributed by atoms with van der Waals surface area (Å²) >= 11 is 0. The van der Waals surface area contributed by atoms with E-state index in [-0.39, 0.29) is 4.90 Å². The maximum atomic E-state index is 11.3. The molecule has 0 radical (unpaired) electrons. The highest BCUT2D eigenvalue weighted by atomic mass is 32.2. The summed E-state index contributed by atoms with van der Waals surface area (Å²) in [4.78, 5) is 22.9. The lowest BCUT2D eigenvalue weighted by Gasteiger charge is -2.13. The van der Waals surface area contributed by atoms with Crippen LogP contribution in [-0.2, 0) is 10.1 Å². The predicted octanol–water partition coefficient (Wildman–Crippen LogP) is 5.27. The second kappa shape index (κ2) is 11.4. The Hall–Kier alpha value is -4.68. The van der Waals surface area contributed by atoms with Crippen LogP contribution in [0.5, 0.6) is 5.75 Å². The lowest BCUT2D eigenvalue weighted by atomic mass is 10.1. The molecule has 0 bridgehead atoms. The molecule has 11 nitrogen and oxygen atoms in total. The molecule has 0 aliphatic rings. The summed E-state index contributed by atoms with van der Waals surface area (Å²) in [5.74, 6) is 1.44. The molecule has 0 saturated heterocycles. The van der Waals surface area contributed by atoms with E-state index in [4.69, 9.17) is 13.7 Å². The normalized spacial score (nSPS) is 11.0. The number of methoxy groups -OCH3 is 1. The predicted molar refractivity (Wildman–Crippen MR) is 149 cm³/mol. The fourth-order valence-electron chi connectivity index (χ4n) is 3.63. The molecule has 0 atom stereocenters. The van der Waals surface area contributed by atoms with Crippen LogP contribution in [0.1, 0.15) is 16.7 Å². The van der Waals surface area contributed by atoms with E-state index in [1.54, 1.807) is 43.6 Å². The number of rotatable bonds is 6. The van der Waals surface area contributed by atoms with Gasteiger partial charge in [0.15, 0.2) is 5.58 Å². The fourth-order valence-corrected chi connectivity index (χ4v) is 4.13. The molecule has 2 heterocycles. The maximum Gasteiger partial charge on any atom is 0.417 e. The van der Waals surface area contributed by atoms with Crippen LogP contribution in [0.4, 0.5) is 23.1 Å². The molecule has 4 N–H and O–H groups in total. The quantitative estimate of drug-likeness (QED) is 0.206. The van der Waals surface area contributed by atoms with Crippen LogP contribution in [0, 0.1) is 20.8 Å². The maximum absolute atomic E-state index is 11.3. The number of fused-ring (bicyclic) bond motifs is 1. The van der Waals surface area contributed by atoms with Crippen molar-refractivity contribution in [3.63, 3.8) is 0 Å². The molecule has 0 aliphatic heterocycles. The van der Waals surface area contributed by atoms with Gasteiger partial charge < -0.3 is 19.8 Å². The van der Waals surface area contributed by atoms with Crippen molar-refractivity contribution in [3.8, 4) is 5.75 Å². The van der Waals surface area contributed by atoms with E-state index in [2.05, 4.69) is 25.6 Å². The number of benzene rings is 3. The van der Waals surface area contributed by atoms with Crippen molar-refractivity contribution >= 4 is 44.4 Å². The SMILES string of the molecule is COc1cc(Nc2ncc(C)c(Nc3ccc4oc(=O)[nH]c4c3)n2)cc(C)c1C.O=S(=O)(O)c1ccccc1. The van der Waals surface area contributed by atoms with Crippen LogP contribution in [0.15, 0.2) is 81.0 Å². The van der Waals surface area contributed by atoms with Crippen molar-refractivity contribution in [3.05, 3.63) is 94.1 Å². The molecule has 3 aromatic carbocycles. The van der Waals surface area contributed by atoms with Crippen molar-refractivity contribution < 1.29 is 22.1 Å². The van der Waals surface area contributed by atoms with Gasteiger partial charge in [-0.05, 0) is 68.3 Å². The number of aryl methyl sites for hydroxylation is 2. The molecule has 2 aromatic heterocycles. The van der Waals surface area contributed by atoms with Crippen LogP contribution in [0.25, 0.3) is 11.1 Å². The van der Waals surface area contributed by atoms with Gasteiger partial charge in [-0.1, -0.05) is 18.2 Å². The summed E-state index contributed by atoms with van der Waals surface area (Å²) in [6, 6.07) is 16.7. The van der Waals surface area contributed by atoms with Gasteiger partial charge in [0.25, 0.3) is 10.1 Å². The number of anilines is 4. The van der Waals surface area contributed by atoms with Crippen molar-refractivity contribution in [2.75, 3.05) is 17.7 Å². The van der Waals surface area contributed by atoms with Crippen LogP contribution in [0.3, 0.4) is 0 Å². The Morgan fingerprint density at radius 3 is 2.36 bits per heavy atom. The van der Waals surface area contributed by atoms with E-state index >= 15 is 0 Å². The molecule has 0 unspecified atom stereocenters. The molecular weight excluding hydrogens is 522 g/mol. The van der Waals surface area contributed by atoms with Gasteiger partial charge in [0, 0.05) is 29.2 Å². The standard InChI is InChI=1S/C21H21N5O3.C6H6O3S/c1-11-7-15(9-18(28-4)13(11)3)24-20-22-10-12(2)19(26-20)23-14-5-6-17-16(8-14)25-21(27)29-17;7-10(8,9)6-4-2-1-3-5-6/h5-10H,1-4H3,(H,25,27)(H2,22,23,24,26);1-5H,(H,7,8,9). The summed E-state index contributed by atoms with van der Waals surface area (Å²) in [5.41, 5.74) is 5.83. The van der Waals surface area contributed by atoms with E-state index in [9.17, 15) is 13.2 Å². The second-order valence-corrected chi connectivity index (χ2v) is 10.0. The topological polar surface area (TPSA) is 159 Å². The van der Waals surface area contributed by atoms with Gasteiger partial charge in [0.1, 0.15) is 11.6 Å². The summed E-state index contributed by atoms with van der Waals surface area (Å²) < 4.78 is 39.7. The number of ether oxygens (including phenoxy) is 1. The molecule has 5 rings (SSSR count). The number of hydrogen-bond acceptors (Lipinski definition) is 9. The van der Waals surface area contributed by atoms with Crippen molar-refractivity contribution in [2.45, 2.75) is 25.7 Å². The Labute approximate surface area is 224 Å². The molecule has 0 spiro atoms. The number of hydrogen-bond donors (Lipinski definition) is 4. The van der Waals surface area contributed by atoms with Gasteiger partial charge >= 0.3 is 5.76 Å². The summed E-state index contributed by atoms with van der Waals surface area (Å²) in [5, 5.41) is 6.49. The molecule has 202 valence electrons. The first-order chi connectivity index (χ1) is 18.5. The van der Waals surface area contributed by atoms with Gasteiger partial charge in [0.05, 0.1) is 17.5 Å².